The zero-order chi connectivity index (χ0) is 27.0. The third-order valence-electron chi connectivity index (χ3n) is 8.49. The molecule has 1 N–H and O–H groups in total. The highest BCUT2D eigenvalue weighted by Crippen LogP contribution is 2.50. The molecule has 1 heteroatoms. The number of fused-ring (bicyclic) bond motifs is 1. The molecule has 0 amide bonds. The Labute approximate surface area is 233 Å². The third kappa shape index (κ3) is 4.90. The molecule has 0 fully saturated rings. The minimum Gasteiger partial charge on any atom is -0.355 e. The molecule has 1 aliphatic carbocycles. The van der Waals surface area contributed by atoms with Crippen LogP contribution in [0, 0.1) is 0 Å². The SMILES string of the molecule is CC1(C)CCC(C)(C)c2c(-c3ccccc3Nc3cc(-c4ccccc4)cc(-c4ccccc4)c3)cccc21. The summed E-state index contributed by atoms with van der Waals surface area (Å²) in [4.78, 5) is 0. The number of nitrogens with one attached hydrogen (secondary N) is 1. The van der Waals surface area contributed by atoms with E-state index >= 15 is 0 Å². The van der Waals surface area contributed by atoms with Gasteiger partial charge in [-0.3, -0.25) is 0 Å². The number of para-hydroxylation sites is 1. The lowest BCUT2D eigenvalue weighted by atomic mass is 9.61. The molecule has 194 valence electrons. The molecule has 0 spiro atoms. The molecule has 5 aromatic rings. The van der Waals surface area contributed by atoms with Crippen LogP contribution < -0.4 is 5.32 Å². The Hall–Kier alpha value is -4.10. The molecule has 0 aliphatic heterocycles. The Kier molecular flexibility index (Phi) is 6.39. The lowest BCUT2D eigenvalue weighted by Crippen LogP contribution is -2.34. The first-order valence-electron chi connectivity index (χ1n) is 14.1. The van der Waals surface area contributed by atoms with Gasteiger partial charge in [-0.25, -0.2) is 0 Å². The first-order valence-corrected chi connectivity index (χ1v) is 14.1. The first-order chi connectivity index (χ1) is 18.8. The number of anilines is 2. The second kappa shape index (κ2) is 9.89. The van der Waals surface area contributed by atoms with Crippen LogP contribution in [0.3, 0.4) is 0 Å². The van der Waals surface area contributed by atoms with Crippen molar-refractivity contribution in [3.8, 4) is 33.4 Å². The topological polar surface area (TPSA) is 12.0 Å². The van der Waals surface area contributed by atoms with Crippen molar-refractivity contribution in [3.63, 3.8) is 0 Å². The minimum absolute atomic E-state index is 0.127. The summed E-state index contributed by atoms with van der Waals surface area (Å²) in [6.07, 6.45) is 2.41. The largest absolute Gasteiger partial charge is 0.355 e. The Bertz CT molecular complexity index is 1550. The van der Waals surface area contributed by atoms with E-state index in [1.807, 2.05) is 0 Å². The molecule has 0 bridgehead atoms. The van der Waals surface area contributed by atoms with Crippen LogP contribution in [0.4, 0.5) is 11.4 Å². The van der Waals surface area contributed by atoms with Crippen molar-refractivity contribution in [3.05, 3.63) is 132 Å². The molecule has 0 saturated carbocycles. The van der Waals surface area contributed by atoms with E-state index in [4.69, 9.17) is 0 Å². The van der Waals surface area contributed by atoms with Crippen molar-refractivity contribution in [1.29, 1.82) is 0 Å². The second-order valence-electron chi connectivity index (χ2n) is 12.2. The zero-order valence-electron chi connectivity index (χ0n) is 23.5. The summed E-state index contributed by atoms with van der Waals surface area (Å²) in [7, 11) is 0. The average molecular weight is 508 g/mol. The average Bonchev–Trinajstić information content (AvgIpc) is 2.96. The molecule has 1 nitrogen and oxygen atoms in total. The normalized spacial score (nSPS) is 15.4. The molecule has 0 radical (unpaired) electrons. The predicted octanol–water partition coefficient (Wildman–Crippen LogP) is 10.8. The van der Waals surface area contributed by atoms with Crippen molar-refractivity contribution in [2.45, 2.75) is 51.4 Å². The fraction of sp³-hybridized carbons (Fsp3) is 0.211. The summed E-state index contributed by atoms with van der Waals surface area (Å²) in [6.45, 7) is 9.62. The molecule has 39 heavy (non-hydrogen) atoms. The summed E-state index contributed by atoms with van der Waals surface area (Å²) in [6, 6.07) is 43.8. The van der Waals surface area contributed by atoms with Crippen molar-refractivity contribution in [2.75, 3.05) is 5.32 Å². The van der Waals surface area contributed by atoms with Crippen LogP contribution in [-0.2, 0) is 10.8 Å². The van der Waals surface area contributed by atoms with Crippen LogP contribution in [-0.4, -0.2) is 0 Å². The summed E-state index contributed by atoms with van der Waals surface area (Å²) in [5.74, 6) is 0. The highest BCUT2D eigenvalue weighted by molar-refractivity contribution is 5.86. The van der Waals surface area contributed by atoms with Gasteiger partial charge in [-0.15, -0.1) is 0 Å². The monoisotopic (exact) mass is 507 g/mol. The molecular weight excluding hydrogens is 470 g/mol. The van der Waals surface area contributed by atoms with Crippen LogP contribution in [0.25, 0.3) is 33.4 Å². The van der Waals surface area contributed by atoms with Crippen LogP contribution >= 0.6 is 0 Å². The van der Waals surface area contributed by atoms with E-state index in [1.54, 1.807) is 0 Å². The van der Waals surface area contributed by atoms with Crippen molar-refractivity contribution in [2.24, 2.45) is 0 Å². The molecule has 0 heterocycles. The summed E-state index contributed by atoms with van der Waals surface area (Å²) >= 11 is 0. The standard InChI is InChI=1S/C38H37N/c1-37(2)22-23-38(3,4)36-33(19-13-20-34(36)37)32-18-11-12-21-35(32)39-31-25-29(27-14-7-5-8-15-27)24-30(26-31)28-16-9-6-10-17-28/h5-21,24-26,39H,22-23H2,1-4H3. The summed E-state index contributed by atoms with van der Waals surface area (Å²) < 4.78 is 0. The van der Waals surface area contributed by atoms with Gasteiger partial charge in [0.1, 0.15) is 0 Å². The van der Waals surface area contributed by atoms with Gasteiger partial charge in [0, 0.05) is 16.9 Å². The molecule has 0 atom stereocenters. The van der Waals surface area contributed by atoms with E-state index in [1.165, 1.54) is 57.3 Å². The van der Waals surface area contributed by atoms with E-state index in [2.05, 4.69) is 154 Å². The second-order valence-corrected chi connectivity index (χ2v) is 12.2. The van der Waals surface area contributed by atoms with Crippen molar-refractivity contribution in [1.82, 2.24) is 0 Å². The fourth-order valence-electron chi connectivity index (χ4n) is 6.23. The molecule has 0 unspecified atom stereocenters. The van der Waals surface area contributed by atoms with Crippen molar-refractivity contribution >= 4 is 11.4 Å². The Morgan fingerprint density at radius 3 is 1.67 bits per heavy atom. The van der Waals surface area contributed by atoms with E-state index < -0.39 is 0 Å². The number of benzene rings is 5. The van der Waals surface area contributed by atoms with Crippen LogP contribution in [0.15, 0.2) is 121 Å². The maximum atomic E-state index is 3.85. The molecule has 0 saturated heterocycles. The van der Waals surface area contributed by atoms with Crippen molar-refractivity contribution < 1.29 is 0 Å². The fourth-order valence-corrected chi connectivity index (χ4v) is 6.23. The molecule has 0 aromatic heterocycles. The third-order valence-corrected chi connectivity index (χ3v) is 8.49. The lowest BCUT2D eigenvalue weighted by molar-refractivity contribution is 0.333. The number of rotatable bonds is 5. The zero-order valence-corrected chi connectivity index (χ0v) is 23.5. The van der Waals surface area contributed by atoms with Crippen LogP contribution in [0.5, 0.6) is 0 Å². The van der Waals surface area contributed by atoms with Gasteiger partial charge in [0.05, 0.1) is 0 Å². The smallest absolute Gasteiger partial charge is 0.0464 e. The predicted molar refractivity (Wildman–Crippen MR) is 168 cm³/mol. The van der Waals surface area contributed by atoms with Gasteiger partial charge in [-0.2, -0.15) is 0 Å². The quantitative estimate of drug-likeness (QED) is 0.249. The van der Waals surface area contributed by atoms with Gasteiger partial charge in [0.25, 0.3) is 0 Å². The van der Waals surface area contributed by atoms with Gasteiger partial charge < -0.3 is 5.32 Å². The summed E-state index contributed by atoms with van der Waals surface area (Å²) in [5.41, 5.74) is 13.0. The van der Waals surface area contributed by atoms with E-state index in [0.717, 1.165) is 11.4 Å². The Morgan fingerprint density at radius 1 is 0.487 bits per heavy atom. The number of hydrogen-bond donors (Lipinski definition) is 1. The maximum absolute atomic E-state index is 3.85. The lowest BCUT2D eigenvalue weighted by Gasteiger charge is -2.43. The molecule has 1 aliphatic rings. The Balaban J connectivity index is 1.48. The first kappa shape index (κ1) is 25.2. The number of hydrogen-bond acceptors (Lipinski definition) is 1. The highest BCUT2D eigenvalue weighted by Gasteiger charge is 2.38. The molecule has 5 aromatic carbocycles. The van der Waals surface area contributed by atoms with E-state index in [9.17, 15) is 0 Å². The van der Waals surface area contributed by atoms with Gasteiger partial charge in [0.2, 0.25) is 0 Å². The molecular formula is C38H37N. The van der Waals surface area contributed by atoms with E-state index in [-0.39, 0.29) is 10.8 Å². The van der Waals surface area contributed by atoms with Crippen LogP contribution in [0.1, 0.15) is 51.7 Å². The van der Waals surface area contributed by atoms with Gasteiger partial charge in [-0.05, 0) is 86.9 Å². The van der Waals surface area contributed by atoms with Crippen LogP contribution in [0.2, 0.25) is 0 Å². The highest BCUT2D eigenvalue weighted by atomic mass is 14.9. The van der Waals surface area contributed by atoms with Gasteiger partial charge >= 0.3 is 0 Å². The van der Waals surface area contributed by atoms with E-state index in [0.29, 0.717) is 0 Å². The minimum atomic E-state index is 0.127. The van der Waals surface area contributed by atoms with Gasteiger partial charge in [0.15, 0.2) is 0 Å². The Morgan fingerprint density at radius 2 is 1.03 bits per heavy atom. The van der Waals surface area contributed by atoms with Gasteiger partial charge in [-0.1, -0.05) is 125 Å². The summed E-state index contributed by atoms with van der Waals surface area (Å²) in [5, 5.41) is 3.85. The molecule has 6 rings (SSSR count). The maximum Gasteiger partial charge on any atom is 0.0464 e.